The second kappa shape index (κ2) is 8.32. The highest BCUT2D eigenvalue weighted by Crippen LogP contribution is 2.30. The maximum atomic E-state index is 13.3. The Labute approximate surface area is 120 Å². The van der Waals surface area contributed by atoms with Crippen molar-refractivity contribution in [2.24, 2.45) is 5.41 Å². The van der Waals surface area contributed by atoms with E-state index < -0.39 is 11.6 Å². The molecule has 0 atom stereocenters. The smallest absolute Gasteiger partial charge is 0.159 e. The Hall–Kier alpha value is -1.00. The van der Waals surface area contributed by atoms with E-state index in [0.29, 0.717) is 6.61 Å². The van der Waals surface area contributed by atoms with Crippen LogP contribution in [0.5, 0.6) is 0 Å². The monoisotopic (exact) mass is 285 g/mol. The zero-order valence-corrected chi connectivity index (χ0v) is 12.6. The van der Waals surface area contributed by atoms with E-state index in [2.05, 4.69) is 19.2 Å². The number of hydrogen-bond acceptors (Lipinski definition) is 2. The van der Waals surface area contributed by atoms with Crippen LogP contribution in [0.1, 0.15) is 32.3 Å². The van der Waals surface area contributed by atoms with Gasteiger partial charge in [0.1, 0.15) is 0 Å². The third kappa shape index (κ3) is 4.84. The van der Waals surface area contributed by atoms with Crippen molar-refractivity contribution in [3.8, 4) is 0 Å². The van der Waals surface area contributed by atoms with Crippen molar-refractivity contribution in [2.75, 3.05) is 26.8 Å². The molecule has 0 spiro atoms. The quantitative estimate of drug-likeness (QED) is 0.701. The lowest BCUT2D eigenvalue weighted by atomic mass is 9.77. The number of halogens is 2. The maximum Gasteiger partial charge on any atom is 0.159 e. The molecule has 1 rings (SSSR count). The Morgan fingerprint density at radius 3 is 2.40 bits per heavy atom. The molecule has 2 nitrogen and oxygen atoms in total. The first-order valence-corrected chi connectivity index (χ1v) is 7.20. The Bertz CT molecular complexity index is 405. The standard InChI is InChI=1S/C16H25F2NO/c1-4-16(5-2,12-19-8-9-20-3)11-13-6-7-14(17)15(18)10-13/h6-7,10,19H,4-5,8-9,11-12H2,1-3H3. The van der Waals surface area contributed by atoms with Gasteiger partial charge in [-0.1, -0.05) is 19.9 Å². The van der Waals surface area contributed by atoms with Crippen LogP contribution < -0.4 is 5.32 Å². The van der Waals surface area contributed by atoms with Gasteiger partial charge in [-0.05, 0) is 42.4 Å². The van der Waals surface area contributed by atoms with E-state index in [1.54, 1.807) is 13.2 Å². The summed E-state index contributed by atoms with van der Waals surface area (Å²) < 4.78 is 31.3. The van der Waals surface area contributed by atoms with Crippen molar-refractivity contribution >= 4 is 0 Å². The molecule has 0 amide bonds. The normalized spacial score (nSPS) is 11.8. The summed E-state index contributed by atoms with van der Waals surface area (Å²) in [5.41, 5.74) is 0.916. The number of rotatable bonds is 9. The zero-order valence-electron chi connectivity index (χ0n) is 12.6. The number of methoxy groups -OCH3 is 1. The SMILES string of the molecule is CCC(CC)(CNCCOC)Cc1ccc(F)c(F)c1. The van der Waals surface area contributed by atoms with Crippen LogP contribution in [0.15, 0.2) is 18.2 Å². The molecule has 0 saturated carbocycles. The van der Waals surface area contributed by atoms with Gasteiger partial charge < -0.3 is 10.1 Å². The van der Waals surface area contributed by atoms with Crippen molar-refractivity contribution in [1.29, 1.82) is 0 Å². The molecule has 0 bridgehead atoms. The summed E-state index contributed by atoms with van der Waals surface area (Å²) in [6.45, 7) is 6.61. The minimum atomic E-state index is -0.787. The van der Waals surface area contributed by atoms with E-state index in [4.69, 9.17) is 4.74 Å². The highest BCUT2D eigenvalue weighted by molar-refractivity contribution is 5.19. The van der Waals surface area contributed by atoms with E-state index in [0.717, 1.165) is 37.9 Å². The van der Waals surface area contributed by atoms with Gasteiger partial charge in [0, 0.05) is 20.2 Å². The van der Waals surface area contributed by atoms with Crippen LogP contribution in [0.4, 0.5) is 8.78 Å². The third-order valence-corrected chi connectivity index (χ3v) is 4.05. The summed E-state index contributed by atoms with van der Waals surface area (Å²) in [5, 5.41) is 3.38. The van der Waals surface area contributed by atoms with Gasteiger partial charge in [-0.2, -0.15) is 0 Å². The molecule has 4 heteroatoms. The van der Waals surface area contributed by atoms with Crippen LogP contribution in [-0.2, 0) is 11.2 Å². The lowest BCUT2D eigenvalue weighted by molar-refractivity contribution is 0.185. The number of hydrogen-bond donors (Lipinski definition) is 1. The molecule has 0 aliphatic rings. The Kier molecular flexibility index (Phi) is 7.10. The number of ether oxygens (including phenoxy) is 1. The molecule has 114 valence electrons. The van der Waals surface area contributed by atoms with Gasteiger partial charge in [0.05, 0.1) is 6.61 Å². The summed E-state index contributed by atoms with van der Waals surface area (Å²) >= 11 is 0. The molecule has 0 radical (unpaired) electrons. The molecule has 0 heterocycles. The Morgan fingerprint density at radius 2 is 1.85 bits per heavy atom. The minimum absolute atomic E-state index is 0.0675. The van der Waals surface area contributed by atoms with Crippen LogP contribution >= 0.6 is 0 Å². The third-order valence-electron chi connectivity index (χ3n) is 4.05. The molecule has 0 aliphatic heterocycles. The van der Waals surface area contributed by atoms with Gasteiger partial charge in [0.25, 0.3) is 0 Å². The summed E-state index contributed by atoms with van der Waals surface area (Å²) in [6, 6.07) is 4.19. The predicted octanol–water partition coefficient (Wildman–Crippen LogP) is 3.55. The van der Waals surface area contributed by atoms with E-state index in [1.165, 1.54) is 12.1 Å². The molecule has 1 aromatic rings. The maximum absolute atomic E-state index is 13.3. The lowest BCUT2D eigenvalue weighted by Crippen LogP contribution is -2.36. The van der Waals surface area contributed by atoms with Gasteiger partial charge >= 0.3 is 0 Å². The molecular weight excluding hydrogens is 260 g/mol. The minimum Gasteiger partial charge on any atom is -0.383 e. The summed E-state index contributed by atoms with van der Waals surface area (Å²) in [5.74, 6) is -1.55. The molecule has 20 heavy (non-hydrogen) atoms. The first-order chi connectivity index (χ1) is 9.56. The molecule has 1 N–H and O–H groups in total. The van der Waals surface area contributed by atoms with Crippen molar-refractivity contribution in [1.82, 2.24) is 5.32 Å². The van der Waals surface area contributed by atoms with Gasteiger partial charge in [0.2, 0.25) is 0 Å². The molecular formula is C16H25F2NO. The molecule has 1 aromatic carbocycles. The highest BCUT2D eigenvalue weighted by Gasteiger charge is 2.26. The van der Waals surface area contributed by atoms with Crippen molar-refractivity contribution in [2.45, 2.75) is 33.1 Å². The van der Waals surface area contributed by atoms with Crippen LogP contribution in [0.25, 0.3) is 0 Å². The van der Waals surface area contributed by atoms with Crippen LogP contribution in [0.3, 0.4) is 0 Å². The van der Waals surface area contributed by atoms with Crippen LogP contribution in [-0.4, -0.2) is 26.8 Å². The zero-order chi connectivity index (χ0) is 15.0. The van der Waals surface area contributed by atoms with Crippen LogP contribution in [0.2, 0.25) is 0 Å². The average molecular weight is 285 g/mol. The highest BCUT2D eigenvalue weighted by atomic mass is 19.2. The van der Waals surface area contributed by atoms with E-state index in [9.17, 15) is 8.78 Å². The van der Waals surface area contributed by atoms with Gasteiger partial charge in [-0.15, -0.1) is 0 Å². The Balaban J connectivity index is 2.71. The fraction of sp³-hybridized carbons (Fsp3) is 0.625. The molecule has 0 aromatic heterocycles. The van der Waals surface area contributed by atoms with Gasteiger partial charge in [-0.25, -0.2) is 8.78 Å². The van der Waals surface area contributed by atoms with Crippen molar-refractivity contribution in [3.05, 3.63) is 35.4 Å². The second-order valence-corrected chi connectivity index (χ2v) is 5.30. The largest absolute Gasteiger partial charge is 0.383 e. The Morgan fingerprint density at radius 1 is 1.15 bits per heavy atom. The molecule has 0 saturated heterocycles. The van der Waals surface area contributed by atoms with E-state index in [1.807, 2.05) is 0 Å². The first-order valence-electron chi connectivity index (χ1n) is 7.20. The van der Waals surface area contributed by atoms with E-state index in [-0.39, 0.29) is 5.41 Å². The molecule has 0 fully saturated rings. The number of nitrogens with one attached hydrogen (secondary N) is 1. The summed E-state index contributed by atoms with van der Waals surface area (Å²) in [7, 11) is 1.68. The number of benzene rings is 1. The predicted molar refractivity (Wildman–Crippen MR) is 77.8 cm³/mol. The lowest BCUT2D eigenvalue weighted by Gasteiger charge is -2.32. The fourth-order valence-corrected chi connectivity index (χ4v) is 2.42. The molecule has 0 aliphatic carbocycles. The van der Waals surface area contributed by atoms with E-state index >= 15 is 0 Å². The van der Waals surface area contributed by atoms with Crippen molar-refractivity contribution < 1.29 is 13.5 Å². The van der Waals surface area contributed by atoms with Crippen LogP contribution in [0, 0.1) is 17.0 Å². The topological polar surface area (TPSA) is 21.3 Å². The first kappa shape index (κ1) is 17.1. The summed E-state index contributed by atoms with van der Waals surface area (Å²) in [4.78, 5) is 0. The molecule has 0 unspecified atom stereocenters. The van der Waals surface area contributed by atoms with Crippen molar-refractivity contribution in [3.63, 3.8) is 0 Å². The van der Waals surface area contributed by atoms with Gasteiger partial charge in [-0.3, -0.25) is 0 Å². The second-order valence-electron chi connectivity index (χ2n) is 5.30. The fourth-order valence-electron chi connectivity index (χ4n) is 2.42. The van der Waals surface area contributed by atoms with Gasteiger partial charge in [0.15, 0.2) is 11.6 Å². The average Bonchev–Trinajstić information content (AvgIpc) is 2.46. The summed E-state index contributed by atoms with van der Waals surface area (Å²) in [6.07, 6.45) is 2.72.